The fourth-order valence-electron chi connectivity index (χ4n) is 3.62. The lowest BCUT2D eigenvalue weighted by Crippen LogP contribution is -2.37. The van der Waals surface area contributed by atoms with E-state index in [1.165, 1.54) is 38.5 Å². The van der Waals surface area contributed by atoms with Gasteiger partial charge in [0.15, 0.2) is 5.76 Å². The second-order valence-electron chi connectivity index (χ2n) is 8.26. The average molecular weight is 395 g/mol. The summed E-state index contributed by atoms with van der Waals surface area (Å²) in [5, 5.41) is 0. The highest BCUT2D eigenvalue weighted by atomic mass is 31.2. The molecule has 0 spiro atoms. The Morgan fingerprint density at radius 2 is 2.00 bits per heavy atom. The van der Waals surface area contributed by atoms with Gasteiger partial charge in [0.1, 0.15) is 5.76 Å². The Balaban J connectivity index is 1.69. The number of hydrogen-bond donors (Lipinski definition) is 3. The molecule has 1 aromatic heterocycles. The molecule has 1 aliphatic rings. The fraction of sp³-hybridized carbons (Fsp3) is 0.714. The van der Waals surface area contributed by atoms with Crippen LogP contribution in [-0.2, 0) is 11.0 Å². The maximum absolute atomic E-state index is 11.0. The number of aryl methyl sites for hydroxylation is 1. The van der Waals surface area contributed by atoms with Crippen LogP contribution in [0, 0.1) is 17.8 Å². The van der Waals surface area contributed by atoms with Crippen LogP contribution < -0.4 is 5.73 Å². The molecule has 6 heteroatoms. The van der Waals surface area contributed by atoms with Crippen molar-refractivity contribution in [1.82, 2.24) is 0 Å². The van der Waals surface area contributed by atoms with Crippen LogP contribution in [0.4, 0.5) is 0 Å². The molecule has 0 bridgehead atoms. The summed E-state index contributed by atoms with van der Waals surface area (Å²) in [4.78, 5) is 18.0. The van der Waals surface area contributed by atoms with E-state index in [0.717, 1.165) is 24.5 Å². The Bertz CT molecular complexity index is 674. The van der Waals surface area contributed by atoms with Crippen molar-refractivity contribution < 1.29 is 18.8 Å². The third-order valence-electron chi connectivity index (χ3n) is 5.43. The van der Waals surface area contributed by atoms with Crippen molar-refractivity contribution in [3.8, 4) is 11.8 Å². The van der Waals surface area contributed by atoms with Crippen molar-refractivity contribution in [2.45, 2.75) is 83.1 Å². The first kappa shape index (κ1) is 22.2. The molecule has 1 fully saturated rings. The normalized spacial score (nSPS) is 17.9. The lowest BCUT2D eigenvalue weighted by molar-refractivity contribution is 0.334. The zero-order valence-electron chi connectivity index (χ0n) is 16.5. The summed E-state index contributed by atoms with van der Waals surface area (Å²) in [6.45, 7) is 1.82. The minimum atomic E-state index is -4.00. The molecular formula is C21H34NO4P. The van der Waals surface area contributed by atoms with Crippen LogP contribution in [-0.4, -0.2) is 21.5 Å². The van der Waals surface area contributed by atoms with Crippen molar-refractivity contribution >= 4 is 7.60 Å². The SMILES string of the molecule is CC(N)(CCc1ccc(C#CCCCC2CCCCC2)o1)CCP(=O)(O)O. The number of hydrogen-bond acceptors (Lipinski definition) is 3. The summed E-state index contributed by atoms with van der Waals surface area (Å²) in [6.07, 6.45) is 11.7. The summed E-state index contributed by atoms with van der Waals surface area (Å²) in [7, 11) is -4.00. The van der Waals surface area contributed by atoms with Gasteiger partial charge in [0.2, 0.25) is 0 Å². The van der Waals surface area contributed by atoms with Crippen molar-refractivity contribution in [3.05, 3.63) is 23.7 Å². The molecule has 1 unspecified atom stereocenters. The molecule has 1 saturated carbocycles. The van der Waals surface area contributed by atoms with Gasteiger partial charge in [0.25, 0.3) is 0 Å². The molecule has 0 radical (unpaired) electrons. The molecule has 5 nitrogen and oxygen atoms in total. The molecule has 4 N–H and O–H groups in total. The van der Waals surface area contributed by atoms with Crippen molar-refractivity contribution in [2.24, 2.45) is 11.7 Å². The maximum atomic E-state index is 11.0. The van der Waals surface area contributed by atoms with E-state index < -0.39 is 13.1 Å². The van der Waals surface area contributed by atoms with Gasteiger partial charge in [-0.1, -0.05) is 38.0 Å². The molecule has 1 aromatic rings. The van der Waals surface area contributed by atoms with Gasteiger partial charge in [-0.15, -0.1) is 0 Å². The van der Waals surface area contributed by atoms with E-state index in [1.54, 1.807) is 0 Å². The predicted molar refractivity (Wildman–Crippen MR) is 108 cm³/mol. The standard InChI is InChI=1S/C21H34NO4P/c1-21(22,16-17-27(23,24)25)15-14-20-13-12-19(26-20)11-7-3-6-10-18-8-4-2-5-9-18/h12-13,18H,2-6,8-10,14-17,22H2,1H3,(H2,23,24,25). The highest BCUT2D eigenvalue weighted by Gasteiger charge is 2.24. The Morgan fingerprint density at radius 3 is 2.70 bits per heavy atom. The van der Waals surface area contributed by atoms with Gasteiger partial charge >= 0.3 is 7.60 Å². The summed E-state index contributed by atoms with van der Waals surface area (Å²) in [5.41, 5.74) is 5.51. The van der Waals surface area contributed by atoms with E-state index in [2.05, 4.69) is 11.8 Å². The Labute approximate surface area is 163 Å². The van der Waals surface area contributed by atoms with Gasteiger partial charge in [-0.25, -0.2) is 0 Å². The fourth-order valence-corrected chi connectivity index (χ4v) is 4.42. The average Bonchev–Trinajstić information content (AvgIpc) is 3.07. The van der Waals surface area contributed by atoms with Crippen molar-refractivity contribution in [3.63, 3.8) is 0 Å². The van der Waals surface area contributed by atoms with Crippen LogP contribution >= 0.6 is 7.60 Å². The van der Waals surface area contributed by atoms with Gasteiger partial charge in [-0.05, 0) is 56.6 Å². The number of nitrogens with two attached hydrogens (primary N) is 1. The number of furan rings is 1. The van der Waals surface area contributed by atoms with Crippen molar-refractivity contribution in [2.75, 3.05) is 6.16 Å². The topological polar surface area (TPSA) is 96.7 Å². The zero-order valence-corrected chi connectivity index (χ0v) is 17.3. The van der Waals surface area contributed by atoms with Crippen molar-refractivity contribution in [1.29, 1.82) is 0 Å². The minimum absolute atomic E-state index is 0.185. The first-order valence-electron chi connectivity index (χ1n) is 10.1. The lowest BCUT2D eigenvalue weighted by Gasteiger charge is -2.24. The quantitative estimate of drug-likeness (QED) is 0.323. The summed E-state index contributed by atoms with van der Waals surface area (Å²) in [5.74, 6) is 8.70. The molecule has 1 atom stereocenters. The largest absolute Gasteiger partial charge is 0.453 e. The Morgan fingerprint density at radius 1 is 1.26 bits per heavy atom. The van der Waals surface area contributed by atoms with E-state index in [-0.39, 0.29) is 12.6 Å². The first-order valence-corrected chi connectivity index (χ1v) is 11.9. The molecule has 0 saturated heterocycles. The monoisotopic (exact) mass is 395 g/mol. The van der Waals surface area contributed by atoms with E-state index in [4.69, 9.17) is 19.9 Å². The molecule has 2 rings (SSSR count). The molecule has 1 heterocycles. The Kier molecular flexibility index (Phi) is 8.63. The molecular weight excluding hydrogens is 361 g/mol. The van der Waals surface area contributed by atoms with Gasteiger partial charge in [0, 0.05) is 18.4 Å². The summed E-state index contributed by atoms with van der Waals surface area (Å²) in [6, 6.07) is 3.79. The minimum Gasteiger partial charge on any atom is -0.453 e. The molecule has 152 valence electrons. The number of rotatable bonds is 9. The molecule has 0 aliphatic heterocycles. The Hall–Kier alpha value is -1.05. The predicted octanol–water partition coefficient (Wildman–Crippen LogP) is 4.60. The van der Waals surface area contributed by atoms with E-state index in [1.807, 2.05) is 19.1 Å². The highest BCUT2D eigenvalue weighted by molar-refractivity contribution is 7.51. The highest BCUT2D eigenvalue weighted by Crippen LogP contribution is 2.37. The molecule has 0 aromatic carbocycles. The summed E-state index contributed by atoms with van der Waals surface area (Å²) < 4.78 is 16.7. The molecule has 1 aliphatic carbocycles. The number of unbranched alkanes of at least 4 members (excludes halogenated alkanes) is 1. The summed E-state index contributed by atoms with van der Waals surface area (Å²) >= 11 is 0. The second-order valence-corrected chi connectivity index (χ2v) is 10.0. The van der Waals surface area contributed by atoms with E-state index in [9.17, 15) is 4.57 Å². The van der Waals surface area contributed by atoms with Crippen LogP contribution in [0.2, 0.25) is 0 Å². The van der Waals surface area contributed by atoms with Crippen LogP contribution in [0.15, 0.2) is 16.5 Å². The van der Waals surface area contributed by atoms with Gasteiger partial charge < -0.3 is 19.9 Å². The van der Waals surface area contributed by atoms with Crippen LogP contribution in [0.25, 0.3) is 0 Å². The molecule has 0 amide bonds. The third kappa shape index (κ3) is 9.63. The smallest absolute Gasteiger partial charge is 0.325 e. The maximum Gasteiger partial charge on any atom is 0.325 e. The first-order chi connectivity index (χ1) is 12.7. The van der Waals surface area contributed by atoms with Crippen LogP contribution in [0.5, 0.6) is 0 Å². The van der Waals surface area contributed by atoms with E-state index >= 15 is 0 Å². The van der Waals surface area contributed by atoms with Gasteiger partial charge in [-0.2, -0.15) is 0 Å². The van der Waals surface area contributed by atoms with Gasteiger partial charge in [0.05, 0.1) is 6.16 Å². The second kappa shape index (κ2) is 10.5. The van der Waals surface area contributed by atoms with Crippen LogP contribution in [0.1, 0.15) is 82.7 Å². The zero-order chi connectivity index (χ0) is 19.8. The molecule has 27 heavy (non-hydrogen) atoms. The van der Waals surface area contributed by atoms with E-state index in [0.29, 0.717) is 18.6 Å². The lowest BCUT2D eigenvalue weighted by atomic mass is 9.86. The van der Waals surface area contributed by atoms with Gasteiger partial charge in [-0.3, -0.25) is 4.57 Å². The third-order valence-corrected chi connectivity index (χ3v) is 6.24. The van der Waals surface area contributed by atoms with Crippen LogP contribution in [0.3, 0.4) is 0 Å².